The smallest absolute Gasteiger partial charge is 0.267 e. The van der Waals surface area contributed by atoms with Gasteiger partial charge in [-0.25, -0.2) is 0 Å². The van der Waals surface area contributed by atoms with Crippen molar-refractivity contribution in [2.75, 3.05) is 0 Å². The van der Waals surface area contributed by atoms with Crippen molar-refractivity contribution in [3.8, 4) is 0 Å². The van der Waals surface area contributed by atoms with Crippen molar-refractivity contribution in [2.45, 2.75) is 13.5 Å². The Balaban J connectivity index is 1.95. The first-order chi connectivity index (χ1) is 7.75. The fraction of sp³-hybridized carbons (Fsp3) is 0.154. The van der Waals surface area contributed by atoms with Crippen LogP contribution in [0.5, 0.6) is 0 Å². The zero-order chi connectivity index (χ0) is 11.4. The van der Waals surface area contributed by atoms with E-state index in [1.54, 1.807) is 12.3 Å². The molecular formula is C13H14N2O. The number of benzene rings is 1. The van der Waals surface area contributed by atoms with E-state index in [9.17, 15) is 4.79 Å². The van der Waals surface area contributed by atoms with Gasteiger partial charge in [-0.05, 0) is 24.6 Å². The maximum atomic E-state index is 11.6. The highest BCUT2D eigenvalue weighted by molar-refractivity contribution is 5.92. The van der Waals surface area contributed by atoms with Crippen molar-refractivity contribution in [3.05, 3.63) is 59.4 Å². The molecule has 2 rings (SSSR count). The summed E-state index contributed by atoms with van der Waals surface area (Å²) in [6.07, 6.45) is 1.74. The Kier molecular flexibility index (Phi) is 3.05. The van der Waals surface area contributed by atoms with Gasteiger partial charge in [0.15, 0.2) is 0 Å². The lowest BCUT2D eigenvalue weighted by Gasteiger charge is -2.04. The van der Waals surface area contributed by atoms with Gasteiger partial charge >= 0.3 is 0 Å². The van der Waals surface area contributed by atoms with E-state index >= 15 is 0 Å². The molecule has 0 saturated carbocycles. The molecule has 0 unspecified atom stereocenters. The van der Waals surface area contributed by atoms with E-state index in [-0.39, 0.29) is 5.91 Å². The topological polar surface area (TPSA) is 44.9 Å². The van der Waals surface area contributed by atoms with Crippen LogP contribution in [-0.4, -0.2) is 10.9 Å². The number of nitrogens with one attached hydrogen (secondary N) is 2. The van der Waals surface area contributed by atoms with Gasteiger partial charge < -0.3 is 10.3 Å². The van der Waals surface area contributed by atoms with Gasteiger partial charge in [-0.15, -0.1) is 0 Å². The van der Waals surface area contributed by atoms with Gasteiger partial charge in [0.05, 0.1) is 0 Å². The van der Waals surface area contributed by atoms with Crippen LogP contribution in [0.1, 0.15) is 21.6 Å². The van der Waals surface area contributed by atoms with Crippen LogP contribution in [-0.2, 0) is 6.54 Å². The van der Waals surface area contributed by atoms with Crippen LogP contribution < -0.4 is 5.32 Å². The lowest BCUT2D eigenvalue weighted by Crippen LogP contribution is -2.23. The summed E-state index contributed by atoms with van der Waals surface area (Å²) in [5, 5.41) is 2.86. The van der Waals surface area contributed by atoms with Crippen LogP contribution in [0, 0.1) is 6.92 Å². The van der Waals surface area contributed by atoms with E-state index in [0.717, 1.165) is 5.56 Å². The molecule has 1 aromatic heterocycles. The molecule has 2 aromatic rings. The van der Waals surface area contributed by atoms with Crippen LogP contribution in [0.2, 0.25) is 0 Å². The molecule has 0 aliphatic rings. The molecule has 0 fully saturated rings. The van der Waals surface area contributed by atoms with Crippen LogP contribution in [0.4, 0.5) is 0 Å². The average molecular weight is 214 g/mol. The van der Waals surface area contributed by atoms with Gasteiger partial charge in [0.1, 0.15) is 5.69 Å². The molecule has 0 atom stereocenters. The summed E-state index contributed by atoms with van der Waals surface area (Å²) < 4.78 is 0. The van der Waals surface area contributed by atoms with Gasteiger partial charge in [0.25, 0.3) is 5.91 Å². The summed E-state index contributed by atoms with van der Waals surface area (Å²) in [6, 6.07) is 11.7. The SMILES string of the molecule is Cc1cccc(CNC(=O)c2ccc[nH]2)c1. The molecule has 0 spiro atoms. The Hall–Kier alpha value is -2.03. The number of aromatic nitrogens is 1. The zero-order valence-corrected chi connectivity index (χ0v) is 9.16. The number of aryl methyl sites for hydroxylation is 1. The van der Waals surface area contributed by atoms with E-state index in [0.29, 0.717) is 12.2 Å². The van der Waals surface area contributed by atoms with E-state index in [4.69, 9.17) is 0 Å². The molecule has 0 aliphatic carbocycles. The van der Waals surface area contributed by atoms with Crippen molar-refractivity contribution in [3.63, 3.8) is 0 Å². The van der Waals surface area contributed by atoms with E-state index < -0.39 is 0 Å². The maximum Gasteiger partial charge on any atom is 0.267 e. The van der Waals surface area contributed by atoms with Crippen LogP contribution >= 0.6 is 0 Å². The summed E-state index contributed by atoms with van der Waals surface area (Å²) in [7, 11) is 0. The number of H-pyrrole nitrogens is 1. The first-order valence-electron chi connectivity index (χ1n) is 5.23. The second-order valence-electron chi connectivity index (χ2n) is 3.76. The molecule has 3 nitrogen and oxygen atoms in total. The Morgan fingerprint density at radius 2 is 2.19 bits per heavy atom. The second kappa shape index (κ2) is 4.66. The molecule has 0 bridgehead atoms. The van der Waals surface area contributed by atoms with Crippen molar-refractivity contribution in [1.29, 1.82) is 0 Å². The Morgan fingerprint density at radius 3 is 2.88 bits per heavy atom. The van der Waals surface area contributed by atoms with Gasteiger partial charge in [-0.3, -0.25) is 4.79 Å². The minimum absolute atomic E-state index is 0.0773. The lowest BCUT2D eigenvalue weighted by molar-refractivity contribution is 0.0946. The molecule has 0 aliphatic heterocycles. The predicted molar refractivity (Wildman–Crippen MR) is 63.1 cm³/mol. The predicted octanol–water partition coefficient (Wildman–Crippen LogP) is 2.25. The van der Waals surface area contributed by atoms with Crippen molar-refractivity contribution < 1.29 is 4.79 Å². The summed E-state index contributed by atoms with van der Waals surface area (Å²) in [5.74, 6) is -0.0773. The molecule has 3 heteroatoms. The van der Waals surface area contributed by atoms with Crippen molar-refractivity contribution in [2.24, 2.45) is 0 Å². The molecule has 82 valence electrons. The number of hydrogen-bond acceptors (Lipinski definition) is 1. The average Bonchev–Trinajstić information content (AvgIpc) is 2.79. The van der Waals surface area contributed by atoms with Crippen LogP contribution in [0.15, 0.2) is 42.6 Å². The number of hydrogen-bond donors (Lipinski definition) is 2. The number of carbonyl (C=O) groups excluding carboxylic acids is 1. The number of aromatic amines is 1. The first kappa shape index (κ1) is 10.5. The Morgan fingerprint density at radius 1 is 1.31 bits per heavy atom. The third kappa shape index (κ3) is 2.51. The first-order valence-corrected chi connectivity index (χ1v) is 5.23. The molecule has 2 N–H and O–H groups in total. The normalized spacial score (nSPS) is 10.1. The highest BCUT2D eigenvalue weighted by Crippen LogP contribution is 2.03. The van der Waals surface area contributed by atoms with Gasteiger partial charge in [0.2, 0.25) is 0 Å². The van der Waals surface area contributed by atoms with E-state index in [1.165, 1.54) is 5.56 Å². The third-order valence-electron chi connectivity index (χ3n) is 2.38. The van der Waals surface area contributed by atoms with Gasteiger partial charge in [-0.1, -0.05) is 29.8 Å². The standard InChI is InChI=1S/C13H14N2O/c1-10-4-2-5-11(8-10)9-15-13(16)12-6-3-7-14-12/h2-8,14H,9H2,1H3,(H,15,16). The molecule has 16 heavy (non-hydrogen) atoms. The maximum absolute atomic E-state index is 11.6. The second-order valence-corrected chi connectivity index (χ2v) is 3.76. The minimum atomic E-state index is -0.0773. The number of carbonyl (C=O) groups is 1. The molecule has 1 heterocycles. The van der Waals surface area contributed by atoms with Gasteiger partial charge in [0, 0.05) is 12.7 Å². The third-order valence-corrected chi connectivity index (χ3v) is 2.38. The lowest BCUT2D eigenvalue weighted by atomic mass is 10.1. The summed E-state index contributed by atoms with van der Waals surface area (Å²) in [6.45, 7) is 2.59. The van der Waals surface area contributed by atoms with Crippen molar-refractivity contribution in [1.82, 2.24) is 10.3 Å². The largest absolute Gasteiger partial charge is 0.357 e. The monoisotopic (exact) mass is 214 g/mol. The minimum Gasteiger partial charge on any atom is -0.357 e. The number of rotatable bonds is 3. The Labute approximate surface area is 94.5 Å². The fourth-order valence-electron chi connectivity index (χ4n) is 1.57. The van der Waals surface area contributed by atoms with E-state index in [2.05, 4.69) is 16.4 Å². The quantitative estimate of drug-likeness (QED) is 0.808. The molecule has 1 aromatic carbocycles. The highest BCUT2D eigenvalue weighted by Gasteiger charge is 2.04. The molecule has 1 amide bonds. The molecular weight excluding hydrogens is 200 g/mol. The summed E-state index contributed by atoms with van der Waals surface area (Å²) >= 11 is 0. The number of amides is 1. The zero-order valence-electron chi connectivity index (χ0n) is 9.16. The van der Waals surface area contributed by atoms with E-state index in [1.807, 2.05) is 31.2 Å². The highest BCUT2D eigenvalue weighted by atomic mass is 16.1. The van der Waals surface area contributed by atoms with Crippen LogP contribution in [0.25, 0.3) is 0 Å². The van der Waals surface area contributed by atoms with Gasteiger partial charge in [-0.2, -0.15) is 0 Å². The Bertz CT molecular complexity index is 474. The molecule has 0 saturated heterocycles. The van der Waals surface area contributed by atoms with Crippen molar-refractivity contribution >= 4 is 5.91 Å². The van der Waals surface area contributed by atoms with Crippen LogP contribution in [0.3, 0.4) is 0 Å². The fourth-order valence-corrected chi connectivity index (χ4v) is 1.57. The summed E-state index contributed by atoms with van der Waals surface area (Å²) in [4.78, 5) is 14.5. The summed E-state index contributed by atoms with van der Waals surface area (Å²) in [5.41, 5.74) is 2.90. The molecule has 0 radical (unpaired) electrons.